The number of carbonyl (C=O) groups excluding carboxylic acids is 2. The molecule has 1 saturated heterocycles. The highest BCUT2D eigenvalue weighted by Gasteiger charge is 2.25. The van der Waals surface area contributed by atoms with Crippen LogP contribution in [-0.4, -0.2) is 74.7 Å². The molecule has 0 bridgehead atoms. The summed E-state index contributed by atoms with van der Waals surface area (Å²) in [5.74, 6) is 0.455. The molecule has 0 spiro atoms. The maximum atomic E-state index is 12.5. The predicted octanol–water partition coefficient (Wildman–Crippen LogP) is 5.14. The van der Waals surface area contributed by atoms with E-state index in [-0.39, 0.29) is 18.6 Å². The molecule has 0 aliphatic carbocycles. The summed E-state index contributed by atoms with van der Waals surface area (Å²) >= 11 is 0. The largest absolute Gasteiger partial charge is 0.450 e. The van der Waals surface area contributed by atoms with E-state index in [1.807, 2.05) is 81.3 Å². The Morgan fingerprint density at radius 2 is 2.05 bits per heavy atom. The first-order valence-electron chi connectivity index (χ1n) is 13.6. The van der Waals surface area contributed by atoms with Crippen LogP contribution in [0.25, 0.3) is 22.2 Å². The van der Waals surface area contributed by atoms with Crippen LogP contribution in [0.15, 0.2) is 59.9 Å². The van der Waals surface area contributed by atoms with Gasteiger partial charge in [-0.1, -0.05) is 18.2 Å². The molecule has 0 radical (unpaired) electrons. The number of hydrogen-bond acceptors (Lipinski definition) is 7. The Morgan fingerprint density at radius 3 is 2.73 bits per heavy atom. The Labute approximate surface area is 234 Å². The second kappa shape index (κ2) is 13.2. The lowest BCUT2D eigenvalue weighted by molar-refractivity contribution is -0.138. The van der Waals surface area contributed by atoms with Gasteiger partial charge in [-0.3, -0.25) is 25.0 Å². The van der Waals surface area contributed by atoms with Gasteiger partial charge >= 0.3 is 6.09 Å². The fourth-order valence-corrected chi connectivity index (χ4v) is 4.61. The Balaban J connectivity index is 1.61. The molecule has 10 heteroatoms. The van der Waals surface area contributed by atoms with Crippen molar-refractivity contribution in [1.82, 2.24) is 24.8 Å². The number of imidazole rings is 1. The van der Waals surface area contributed by atoms with E-state index in [0.717, 1.165) is 46.7 Å². The first-order valence-corrected chi connectivity index (χ1v) is 13.6. The second-order valence-electron chi connectivity index (χ2n) is 9.86. The number of piperazine rings is 1. The number of nitrogens with zero attached hydrogens (tertiary/aromatic N) is 5. The lowest BCUT2D eigenvalue weighted by Crippen LogP contribution is -2.52. The van der Waals surface area contributed by atoms with Crippen molar-refractivity contribution >= 4 is 34.7 Å². The number of H-pyrrole nitrogens is 1. The quantitative estimate of drug-likeness (QED) is 0.285. The number of pyridine rings is 1. The molecular formula is C30H37N7O3. The van der Waals surface area contributed by atoms with Gasteiger partial charge in [-0.25, -0.2) is 9.78 Å². The van der Waals surface area contributed by atoms with E-state index in [0.29, 0.717) is 24.6 Å². The minimum Gasteiger partial charge on any atom is -0.450 e. The van der Waals surface area contributed by atoms with E-state index in [9.17, 15) is 9.59 Å². The number of hydrogen-bond donors (Lipinski definition) is 2. The van der Waals surface area contributed by atoms with Gasteiger partial charge in [0.2, 0.25) is 11.9 Å². The van der Waals surface area contributed by atoms with E-state index in [4.69, 9.17) is 9.72 Å². The molecule has 1 aromatic carbocycles. The van der Waals surface area contributed by atoms with E-state index in [1.54, 1.807) is 13.1 Å². The summed E-state index contributed by atoms with van der Waals surface area (Å²) in [6, 6.07) is 8.24. The Kier molecular flexibility index (Phi) is 9.44. The third-order valence-corrected chi connectivity index (χ3v) is 6.64. The zero-order valence-corrected chi connectivity index (χ0v) is 23.8. The van der Waals surface area contributed by atoms with Crippen molar-refractivity contribution in [2.75, 3.05) is 31.6 Å². The number of ether oxygens (including phenoxy) is 1. The molecule has 3 heterocycles. The predicted molar refractivity (Wildman–Crippen MR) is 158 cm³/mol. The zero-order chi connectivity index (χ0) is 28.6. The number of allylic oxidation sites excluding steroid dienone is 3. The first kappa shape index (κ1) is 28.7. The number of amides is 2. The summed E-state index contributed by atoms with van der Waals surface area (Å²) in [6.07, 6.45) is 8.72. The van der Waals surface area contributed by atoms with Crippen molar-refractivity contribution in [1.29, 1.82) is 0 Å². The van der Waals surface area contributed by atoms with Gasteiger partial charge < -0.3 is 14.6 Å². The van der Waals surface area contributed by atoms with E-state index >= 15 is 0 Å². The fraction of sp³-hybridized carbons (Fsp3) is 0.367. The average molecular weight is 544 g/mol. The molecular weight excluding hydrogens is 506 g/mol. The number of benzene rings is 1. The molecule has 40 heavy (non-hydrogen) atoms. The molecule has 2 amide bonds. The van der Waals surface area contributed by atoms with Crippen molar-refractivity contribution < 1.29 is 14.3 Å². The van der Waals surface area contributed by atoms with E-state index < -0.39 is 6.09 Å². The average Bonchev–Trinajstić information content (AvgIpc) is 3.33. The van der Waals surface area contributed by atoms with Crippen LogP contribution in [0.3, 0.4) is 0 Å². The Hall–Kier alpha value is -4.31. The van der Waals surface area contributed by atoms with Gasteiger partial charge in [0, 0.05) is 54.9 Å². The van der Waals surface area contributed by atoms with Crippen LogP contribution < -0.4 is 5.32 Å². The maximum Gasteiger partial charge on any atom is 0.413 e. The van der Waals surface area contributed by atoms with Crippen LogP contribution in [0.4, 0.5) is 10.7 Å². The lowest BCUT2D eigenvalue weighted by Gasteiger charge is -2.36. The number of fused-ring (bicyclic) bond motifs is 1. The smallest absolute Gasteiger partial charge is 0.413 e. The summed E-state index contributed by atoms with van der Waals surface area (Å²) in [5.41, 5.74) is 5.82. The molecule has 3 aromatic rings. The molecule has 0 atom stereocenters. The van der Waals surface area contributed by atoms with Crippen molar-refractivity contribution in [3.8, 4) is 11.1 Å². The summed E-state index contributed by atoms with van der Waals surface area (Å²) in [6.45, 7) is 12.6. The summed E-state index contributed by atoms with van der Waals surface area (Å²) in [7, 11) is 0. The van der Waals surface area contributed by atoms with Gasteiger partial charge in [-0.15, -0.1) is 0 Å². The number of carbonyl (C=O) groups is 2. The number of aromatic nitrogens is 3. The molecule has 10 nitrogen and oxygen atoms in total. The van der Waals surface area contributed by atoms with Crippen molar-refractivity contribution in [3.05, 3.63) is 66.1 Å². The highest BCUT2D eigenvalue weighted by molar-refractivity contribution is 6.10. The molecule has 0 unspecified atom stereocenters. The Bertz CT molecular complexity index is 1440. The Morgan fingerprint density at radius 1 is 1.23 bits per heavy atom. The third kappa shape index (κ3) is 7.01. The third-order valence-electron chi connectivity index (χ3n) is 6.64. The minimum absolute atomic E-state index is 0.159. The summed E-state index contributed by atoms with van der Waals surface area (Å²) in [4.78, 5) is 45.6. The van der Waals surface area contributed by atoms with Crippen molar-refractivity contribution in [2.24, 2.45) is 4.99 Å². The van der Waals surface area contributed by atoms with Crippen LogP contribution in [-0.2, 0) is 16.1 Å². The molecule has 0 saturated carbocycles. The van der Waals surface area contributed by atoms with E-state index in [1.165, 1.54) is 0 Å². The first-order chi connectivity index (χ1) is 19.3. The monoisotopic (exact) mass is 543 g/mol. The number of rotatable bonds is 9. The standard InChI is InChI=1S/C30H37N7O3/c1-6-8-9-12-31-21(5)25-15-23(16-26-28(25)34-29(33-26)35-30(39)40-7-2)22-10-11-24(32-17-22)18-36-13-14-37(20(3)4)27(38)19-36/h6,8-12,15-17,20H,7,13-14,18-19H2,1-5H3,(H2,33,34,35,39)/b8-6?,12-9-,31-21+. The minimum atomic E-state index is -0.574. The van der Waals surface area contributed by atoms with Gasteiger partial charge in [0.1, 0.15) is 0 Å². The molecule has 4 rings (SSSR count). The molecule has 2 aromatic heterocycles. The van der Waals surface area contributed by atoms with Gasteiger partial charge in [0.05, 0.1) is 29.9 Å². The normalized spacial score (nSPS) is 15.2. The molecule has 1 aliphatic rings. The molecule has 1 aliphatic heterocycles. The second-order valence-corrected chi connectivity index (χ2v) is 9.86. The number of nitrogens with one attached hydrogen (secondary N) is 2. The fourth-order valence-electron chi connectivity index (χ4n) is 4.61. The van der Waals surface area contributed by atoms with Crippen LogP contribution in [0, 0.1) is 0 Å². The molecule has 1 fully saturated rings. The summed E-state index contributed by atoms with van der Waals surface area (Å²) in [5, 5.41) is 2.64. The van der Waals surface area contributed by atoms with Crippen LogP contribution in [0.2, 0.25) is 0 Å². The number of aromatic amines is 1. The maximum absolute atomic E-state index is 12.5. The van der Waals surface area contributed by atoms with Gasteiger partial charge in [-0.05, 0) is 64.5 Å². The van der Waals surface area contributed by atoms with Gasteiger partial charge in [0.25, 0.3) is 0 Å². The van der Waals surface area contributed by atoms with E-state index in [2.05, 4.69) is 25.2 Å². The van der Waals surface area contributed by atoms with Crippen LogP contribution in [0.1, 0.15) is 45.9 Å². The van der Waals surface area contributed by atoms with Gasteiger partial charge in [0.15, 0.2) is 0 Å². The van der Waals surface area contributed by atoms with Gasteiger partial charge in [-0.2, -0.15) is 0 Å². The van der Waals surface area contributed by atoms with Crippen LogP contribution in [0.5, 0.6) is 0 Å². The molecule has 2 N–H and O–H groups in total. The number of aliphatic imine (C=N–C) groups is 1. The van der Waals surface area contributed by atoms with Crippen molar-refractivity contribution in [3.63, 3.8) is 0 Å². The van der Waals surface area contributed by atoms with Crippen molar-refractivity contribution in [2.45, 2.75) is 47.2 Å². The highest BCUT2D eigenvalue weighted by atomic mass is 16.5. The topological polar surface area (TPSA) is 116 Å². The number of anilines is 1. The summed E-state index contributed by atoms with van der Waals surface area (Å²) < 4.78 is 4.99. The highest BCUT2D eigenvalue weighted by Crippen LogP contribution is 2.28. The van der Waals surface area contributed by atoms with Crippen LogP contribution >= 0.6 is 0 Å². The zero-order valence-electron chi connectivity index (χ0n) is 23.8. The molecule has 210 valence electrons. The lowest BCUT2D eigenvalue weighted by atomic mass is 10.0. The SMILES string of the molecule is CC=C/C=C\N=C(/C)c1cc(-c2ccc(CN3CCN(C(C)C)C(=O)C3)nc2)cc2nc(NC(=O)OCC)[nH]c12.